The minimum atomic E-state index is -2.21. The molecule has 0 aliphatic heterocycles. The van der Waals surface area contributed by atoms with Gasteiger partial charge in [-0.2, -0.15) is 0 Å². The summed E-state index contributed by atoms with van der Waals surface area (Å²) in [5.74, 6) is -10.1. The average Bonchev–Trinajstić information content (AvgIpc) is 2.19. The molecule has 0 unspecified atom stereocenters. The van der Waals surface area contributed by atoms with Gasteiger partial charge in [0, 0.05) is 0 Å². The molecule has 76 valence electrons. The van der Waals surface area contributed by atoms with Crippen LogP contribution in [0.1, 0.15) is 0 Å². The summed E-state index contributed by atoms with van der Waals surface area (Å²) in [4.78, 5) is 0. The molecule has 0 heterocycles. The molecule has 0 fully saturated rings. The Morgan fingerprint density at radius 2 is 1.14 bits per heavy atom. The van der Waals surface area contributed by atoms with Crippen molar-refractivity contribution in [3.05, 3.63) is 29.1 Å². The molecular weight excluding hydrogens is 324 g/mol. The van der Waals surface area contributed by atoms with Gasteiger partial charge in [-0.15, -0.1) is 0 Å². The number of hydrogen-bond donors (Lipinski definition) is 0. The zero-order chi connectivity index (χ0) is 10.9. The summed E-state index contributed by atoms with van der Waals surface area (Å²) >= 11 is -1.67. The van der Waals surface area contributed by atoms with Crippen molar-refractivity contribution in [2.45, 2.75) is 0 Å². The van der Waals surface area contributed by atoms with E-state index in [0.717, 1.165) is 0 Å². The van der Waals surface area contributed by atoms with Crippen LogP contribution in [0.2, 0.25) is 0 Å². The molecule has 7 heteroatoms. The molecule has 0 spiro atoms. The van der Waals surface area contributed by atoms with Gasteiger partial charge in [0.15, 0.2) is 0 Å². The maximum atomic E-state index is 12.7. The van der Waals surface area contributed by atoms with Gasteiger partial charge in [0.25, 0.3) is 0 Å². The fourth-order valence-corrected chi connectivity index (χ4v) is 1.80. The van der Waals surface area contributed by atoms with Gasteiger partial charge in [-0.25, -0.2) is 0 Å². The van der Waals surface area contributed by atoms with E-state index in [1.807, 2.05) is 0 Å². The molecule has 0 saturated heterocycles. The van der Waals surface area contributed by atoms with E-state index in [2.05, 4.69) is 0 Å². The van der Waals surface area contributed by atoms with E-state index in [0.29, 0.717) is 0 Å². The molecule has 0 radical (unpaired) electrons. The van der Waals surface area contributed by atoms with E-state index in [9.17, 15) is 22.0 Å². The van der Waals surface area contributed by atoms with Crippen LogP contribution in [0.15, 0.2) is 0 Å². The monoisotopic (exact) mass is 325 g/mol. The summed E-state index contributed by atoms with van der Waals surface area (Å²) in [6.45, 7) is 0. The van der Waals surface area contributed by atoms with E-state index in [1.165, 1.54) is 0.537 Å². The Balaban J connectivity index is 3.53. The van der Waals surface area contributed by atoms with Crippen LogP contribution in [-0.2, 0) is 0 Å². The van der Waals surface area contributed by atoms with E-state index < -0.39 is 73.3 Å². The summed E-state index contributed by atoms with van der Waals surface area (Å²) in [7, 11) is 0. The Labute approximate surface area is 99.8 Å². The standard InChI is InChI=1S/C7F5NXe/c8-2-3(9)5(11)7(14-1-13)6(12)4(2)10. The average molecular weight is 324 g/mol. The SMILES string of the molecule is N#C[Xe]c1c(F)c(F)c(F)c(F)c1F. The number of nitriles is 1. The number of halogens is 5. The molecule has 0 aliphatic carbocycles. The molecule has 0 N–H and O–H groups in total. The minimum absolute atomic E-state index is 1.02. The first-order valence-corrected chi connectivity index (χ1v) is 5.04. The molecule has 0 saturated carbocycles. The first kappa shape index (κ1) is 12.0. The third-order valence-electron chi connectivity index (χ3n) is 1.27. The zero-order valence-corrected chi connectivity index (χ0v) is 8.21. The predicted molar refractivity (Wildman–Crippen MR) is 31.5 cm³/mol. The van der Waals surface area contributed by atoms with Crippen LogP contribution in [0.5, 0.6) is 0 Å². The summed E-state index contributed by atoms with van der Waals surface area (Å²) in [5, 5.41) is 8.14. The molecule has 14 heavy (non-hydrogen) atoms. The fourth-order valence-electron chi connectivity index (χ4n) is 0.690. The second kappa shape index (κ2) is 4.63. The van der Waals surface area contributed by atoms with Crippen molar-refractivity contribution >= 4 is 0.0314 Å². The number of nitrogens with zero attached hydrogens (tertiary/aromatic N) is 1. The molecule has 1 rings (SSSR count). The van der Waals surface area contributed by atoms with Gasteiger partial charge < -0.3 is 0 Å². The second-order valence-corrected chi connectivity index (χ2v) is 4.00. The Hall–Kier alpha value is -0.0686. The van der Waals surface area contributed by atoms with Gasteiger partial charge in [-0.3, -0.25) is 0 Å². The van der Waals surface area contributed by atoms with E-state index in [4.69, 9.17) is 5.26 Å². The Morgan fingerprint density at radius 3 is 1.50 bits per heavy atom. The molecule has 0 aliphatic rings. The van der Waals surface area contributed by atoms with E-state index in [-0.39, 0.29) is 0 Å². The van der Waals surface area contributed by atoms with Crippen molar-refractivity contribution in [2.75, 3.05) is 0 Å². The van der Waals surface area contributed by atoms with Crippen molar-refractivity contribution in [3.8, 4) is 0.537 Å². The van der Waals surface area contributed by atoms with Gasteiger partial charge in [0.1, 0.15) is 0 Å². The van der Waals surface area contributed by atoms with Crippen molar-refractivity contribution in [1.29, 1.82) is 5.26 Å². The molecular formula is C7F5NXe. The molecule has 0 aromatic heterocycles. The topological polar surface area (TPSA) is 23.8 Å². The molecule has 0 amide bonds. The van der Waals surface area contributed by atoms with Crippen LogP contribution in [0.3, 0.4) is 0 Å². The molecule has 1 nitrogen and oxygen atoms in total. The van der Waals surface area contributed by atoms with Crippen LogP contribution in [-0.4, -0.2) is 0 Å². The van der Waals surface area contributed by atoms with Crippen LogP contribution in [0, 0.1) is 79.1 Å². The first-order chi connectivity index (χ1) is 6.50. The van der Waals surface area contributed by atoms with E-state index in [1.54, 1.807) is 0 Å². The van der Waals surface area contributed by atoms with Gasteiger partial charge in [0.2, 0.25) is 0 Å². The Kier molecular flexibility index (Phi) is 3.97. The normalized spacial score (nSPS) is 10.3. The van der Waals surface area contributed by atoms with Crippen LogP contribution >= 0.6 is 0 Å². The summed E-state index contributed by atoms with van der Waals surface area (Å²) in [6.07, 6.45) is 0. The zero-order valence-electron chi connectivity index (χ0n) is 6.19. The van der Waals surface area contributed by atoms with Crippen molar-refractivity contribution in [3.63, 3.8) is 0 Å². The van der Waals surface area contributed by atoms with Crippen LogP contribution in [0.25, 0.3) is 0 Å². The number of rotatable bonds is 1. The summed E-state index contributed by atoms with van der Waals surface area (Å²) < 4.78 is 63.2. The quantitative estimate of drug-likeness (QED) is 0.437. The predicted octanol–water partition coefficient (Wildman–Crippen LogP) is 1.57. The molecule has 0 bridgehead atoms. The Morgan fingerprint density at radius 1 is 0.786 bits per heavy atom. The van der Waals surface area contributed by atoms with E-state index >= 15 is 0 Å². The molecule has 1 aromatic carbocycles. The first-order valence-electron chi connectivity index (χ1n) is 3.02. The fraction of sp³-hybridized carbons (Fsp3) is 0. The third kappa shape index (κ3) is 1.97. The molecule has 0 atom stereocenters. The second-order valence-electron chi connectivity index (χ2n) is 2.04. The van der Waals surface area contributed by atoms with Gasteiger partial charge in [-0.05, 0) is 0 Å². The van der Waals surface area contributed by atoms with Crippen molar-refractivity contribution in [2.24, 2.45) is 0 Å². The van der Waals surface area contributed by atoms with Crippen molar-refractivity contribution in [1.82, 2.24) is 0 Å². The number of hydrogen-bond acceptors (Lipinski definition) is 1. The van der Waals surface area contributed by atoms with Crippen LogP contribution in [0.4, 0.5) is 22.0 Å². The summed E-state index contributed by atoms with van der Waals surface area (Å²) in [6, 6.07) is 0. The van der Waals surface area contributed by atoms with Gasteiger partial charge in [-0.1, -0.05) is 0 Å². The van der Waals surface area contributed by atoms with Gasteiger partial charge >= 0.3 is 101 Å². The molecule has 1 aromatic rings. The Bertz CT molecular complexity index is 396. The van der Waals surface area contributed by atoms with Crippen LogP contribution < -0.4 is 0.0314 Å². The number of benzene rings is 1. The maximum absolute atomic E-state index is 12.7. The van der Waals surface area contributed by atoms with Gasteiger partial charge in [0.05, 0.1) is 0 Å². The third-order valence-corrected chi connectivity index (χ3v) is 2.89. The summed E-state index contributed by atoms with van der Waals surface area (Å²) in [5.41, 5.74) is 0. The van der Waals surface area contributed by atoms with Crippen molar-refractivity contribution < 1.29 is 66.1 Å².